The third kappa shape index (κ3) is 9.93. The Morgan fingerprint density at radius 1 is 0.652 bits per heavy atom. The molecule has 0 heterocycles. The third-order valence-corrected chi connectivity index (χ3v) is 2.32. The number of anilines is 2. The van der Waals surface area contributed by atoms with Crippen LogP contribution in [0.2, 0.25) is 0 Å². The molecule has 2 radical (unpaired) electrons. The maximum Gasteiger partial charge on any atom is 0.335 e. The molecule has 2 aromatic rings. The smallest absolute Gasteiger partial charge is 0.335 e. The normalized spacial score (nSPS) is 8.00. The van der Waals surface area contributed by atoms with Gasteiger partial charge in [0, 0.05) is 56.1 Å². The Bertz CT molecular complexity index is 548. The van der Waals surface area contributed by atoms with E-state index in [9.17, 15) is 9.59 Å². The third-order valence-electron chi connectivity index (χ3n) is 2.32. The summed E-state index contributed by atoms with van der Waals surface area (Å²) in [4.78, 5) is 20.5. The quantitative estimate of drug-likeness (QED) is 0.352. The molecule has 0 amide bonds. The summed E-state index contributed by atoms with van der Waals surface area (Å²) in [7, 11) is 0. The molecule has 0 aliphatic carbocycles. The van der Waals surface area contributed by atoms with Gasteiger partial charge in [0.25, 0.3) is 0 Å². The minimum absolute atomic E-state index is 0. The predicted octanol–water partition coefficient (Wildman–Crippen LogP) is 1.10. The van der Waals surface area contributed by atoms with E-state index in [0.29, 0.717) is 11.4 Å². The Morgan fingerprint density at radius 2 is 0.870 bits per heavy atom. The van der Waals surface area contributed by atoms with E-state index >= 15 is 0 Å². The van der Waals surface area contributed by atoms with Crippen LogP contribution in [0, 0.1) is 0 Å². The number of carboxylic acid groups (broad SMARTS) is 2. The molecule has 2 rings (SSSR count). The van der Waals surface area contributed by atoms with Gasteiger partial charge in [0.2, 0.25) is 0 Å². The van der Waals surface area contributed by atoms with Gasteiger partial charge < -0.3 is 27.2 Å². The topological polar surface area (TPSA) is 158 Å². The predicted molar refractivity (Wildman–Crippen MR) is 79.2 cm³/mol. The van der Waals surface area contributed by atoms with Gasteiger partial charge in [0.15, 0.2) is 0 Å². The number of benzene rings is 2. The van der Waals surface area contributed by atoms with E-state index in [1.54, 1.807) is 24.3 Å². The van der Waals surface area contributed by atoms with Crippen LogP contribution in [0.15, 0.2) is 48.5 Å². The van der Waals surface area contributed by atoms with E-state index in [-0.39, 0.29) is 61.4 Å². The summed E-state index contributed by atoms with van der Waals surface area (Å²) in [5.41, 5.74) is 12.3. The number of carboxylic acids is 2. The summed E-state index contributed by atoms with van der Waals surface area (Å²) >= 11 is 0. The molecule has 2 aromatic carbocycles. The number of carbonyl (C=O) groups is 2. The largest absolute Gasteiger partial charge is 0.478 e. The Kier molecular flexibility index (Phi) is 14.8. The number of rotatable bonds is 2. The van der Waals surface area contributed by atoms with Gasteiger partial charge in [-0.05, 0) is 48.5 Å². The first-order valence-corrected chi connectivity index (χ1v) is 5.58. The molecular weight excluding hydrogens is 492 g/mol. The van der Waals surface area contributed by atoms with Crippen LogP contribution in [0.1, 0.15) is 20.7 Å². The Hall–Kier alpha value is -1.58. The van der Waals surface area contributed by atoms with Gasteiger partial charge in [-0.3, -0.25) is 0 Å². The number of hydrogen-bond donors (Lipinski definition) is 4. The van der Waals surface area contributed by atoms with Crippen LogP contribution in [-0.2, 0) is 44.8 Å². The first-order valence-electron chi connectivity index (χ1n) is 5.58. The van der Waals surface area contributed by atoms with Crippen molar-refractivity contribution in [1.29, 1.82) is 0 Å². The van der Waals surface area contributed by atoms with E-state index in [1.807, 2.05) is 0 Å². The fourth-order valence-corrected chi connectivity index (χ4v) is 1.25. The Labute approximate surface area is 164 Å². The zero-order valence-electron chi connectivity index (χ0n) is 11.6. The molecule has 9 heteroatoms. The second-order valence-electron chi connectivity index (χ2n) is 3.85. The zero-order chi connectivity index (χ0) is 15.1. The molecule has 23 heavy (non-hydrogen) atoms. The van der Waals surface area contributed by atoms with Crippen LogP contribution in [0.3, 0.4) is 0 Å². The summed E-state index contributed by atoms with van der Waals surface area (Å²) in [6.45, 7) is 0. The SMILES string of the molecule is Nc1ccc(C(=O)O)cc1.Nc1ccc(C(=O)O)cc1.O.[Ag].[Ag]. The summed E-state index contributed by atoms with van der Waals surface area (Å²) in [6, 6.07) is 12.1. The van der Waals surface area contributed by atoms with Gasteiger partial charge in [-0.25, -0.2) is 9.59 Å². The van der Waals surface area contributed by atoms with Crippen molar-refractivity contribution >= 4 is 23.3 Å². The second kappa shape index (κ2) is 12.9. The Balaban J connectivity index is -0.000000308. The van der Waals surface area contributed by atoms with Crippen LogP contribution in [0.4, 0.5) is 11.4 Å². The van der Waals surface area contributed by atoms with Crippen molar-refractivity contribution in [2.24, 2.45) is 0 Å². The van der Waals surface area contributed by atoms with E-state index in [1.165, 1.54) is 24.3 Å². The van der Waals surface area contributed by atoms with E-state index in [4.69, 9.17) is 21.7 Å². The van der Waals surface area contributed by atoms with Gasteiger partial charge in [0.1, 0.15) is 0 Å². The molecule has 7 nitrogen and oxygen atoms in total. The molecule has 0 unspecified atom stereocenters. The average Bonchev–Trinajstić information content (AvgIpc) is 2.40. The molecule has 0 bridgehead atoms. The molecule has 0 saturated heterocycles. The van der Waals surface area contributed by atoms with Crippen molar-refractivity contribution in [3.05, 3.63) is 59.7 Å². The van der Waals surface area contributed by atoms with Crippen LogP contribution in [-0.4, -0.2) is 27.6 Å². The minimum Gasteiger partial charge on any atom is -0.478 e. The van der Waals surface area contributed by atoms with E-state index in [2.05, 4.69) is 0 Å². The number of hydrogen-bond acceptors (Lipinski definition) is 4. The van der Waals surface area contributed by atoms with Crippen molar-refractivity contribution in [2.45, 2.75) is 0 Å². The number of nitrogens with two attached hydrogens (primary N) is 2. The summed E-state index contributed by atoms with van der Waals surface area (Å²) < 4.78 is 0. The van der Waals surface area contributed by atoms with Gasteiger partial charge in [-0.2, -0.15) is 0 Å². The monoisotopic (exact) mass is 506 g/mol. The first-order chi connectivity index (χ1) is 9.40. The van der Waals surface area contributed by atoms with Crippen LogP contribution >= 0.6 is 0 Å². The second-order valence-corrected chi connectivity index (χ2v) is 3.85. The first kappa shape index (κ1) is 26.3. The van der Waals surface area contributed by atoms with Gasteiger partial charge in [-0.1, -0.05) is 0 Å². The molecule has 0 spiro atoms. The molecule has 0 aromatic heterocycles. The minimum atomic E-state index is -0.931. The summed E-state index contributed by atoms with van der Waals surface area (Å²) in [5.74, 6) is -1.86. The molecule has 0 fully saturated rings. The molecule has 0 aliphatic heterocycles. The van der Waals surface area contributed by atoms with Crippen LogP contribution in [0.25, 0.3) is 0 Å². The van der Waals surface area contributed by atoms with Gasteiger partial charge in [-0.15, -0.1) is 0 Å². The summed E-state index contributed by atoms with van der Waals surface area (Å²) in [5, 5.41) is 16.9. The number of nitrogen functional groups attached to an aromatic ring is 2. The van der Waals surface area contributed by atoms with Crippen LogP contribution < -0.4 is 11.5 Å². The molecule has 8 N–H and O–H groups in total. The van der Waals surface area contributed by atoms with Crippen molar-refractivity contribution in [2.75, 3.05) is 11.5 Å². The van der Waals surface area contributed by atoms with Crippen LogP contribution in [0.5, 0.6) is 0 Å². The number of aromatic carboxylic acids is 2. The van der Waals surface area contributed by atoms with Crippen molar-refractivity contribution in [3.8, 4) is 0 Å². The van der Waals surface area contributed by atoms with E-state index in [0.717, 1.165) is 0 Å². The van der Waals surface area contributed by atoms with Gasteiger partial charge >= 0.3 is 11.9 Å². The molecule has 0 saturated carbocycles. The maximum absolute atomic E-state index is 10.3. The Morgan fingerprint density at radius 3 is 1.04 bits per heavy atom. The fraction of sp³-hybridized carbons (Fsp3) is 0. The molecule has 0 aliphatic rings. The molecular formula is C14H16Ag2N2O5. The zero-order valence-corrected chi connectivity index (χ0v) is 14.6. The molecule has 0 atom stereocenters. The van der Waals surface area contributed by atoms with E-state index < -0.39 is 11.9 Å². The van der Waals surface area contributed by atoms with Crippen molar-refractivity contribution < 1.29 is 70.0 Å². The maximum atomic E-state index is 10.3. The average molecular weight is 508 g/mol. The summed E-state index contributed by atoms with van der Waals surface area (Å²) in [6.07, 6.45) is 0. The fourth-order valence-electron chi connectivity index (χ4n) is 1.25. The van der Waals surface area contributed by atoms with Crippen molar-refractivity contribution in [3.63, 3.8) is 0 Å². The van der Waals surface area contributed by atoms with Gasteiger partial charge in [0.05, 0.1) is 11.1 Å². The standard InChI is InChI=1S/2C7H7NO2.2Ag.H2O/c2*8-6-3-1-5(2-4-6)7(9)10;;;/h2*1-4H,8H2,(H,9,10);;;1H2. The molecule has 134 valence electrons. The van der Waals surface area contributed by atoms with Crippen molar-refractivity contribution in [1.82, 2.24) is 0 Å².